The number of pyridine rings is 1. The van der Waals surface area contributed by atoms with Crippen molar-refractivity contribution in [3.63, 3.8) is 0 Å². The van der Waals surface area contributed by atoms with Crippen molar-refractivity contribution in [1.29, 1.82) is 0 Å². The Morgan fingerprint density at radius 3 is 2.29 bits per heavy atom. The lowest BCUT2D eigenvalue weighted by Crippen LogP contribution is -1.79. The van der Waals surface area contributed by atoms with E-state index in [0.29, 0.717) is 5.56 Å². The van der Waals surface area contributed by atoms with E-state index in [-0.39, 0.29) is 11.5 Å². The van der Waals surface area contributed by atoms with Crippen molar-refractivity contribution >= 4 is 0 Å². The van der Waals surface area contributed by atoms with Crippen molar-refractivity contribution in [1.82, 2.24) is 4.98 Å². The van der Waals surface area contributed by atoms with E-state index in [0.717, 1.165) is 5.56 Å². The summed E-state index contributed by atoms with van der Waals surface area (Å²) in [5.74, 6) is 0.122. The van der Waals surface area contributed by atoms with Gasteiger partial charge in [-0.3, -0.25) is 4.98 Å². The molecule has 14 heavy (non-hydrogen) atoms. The molecular weight excluding hydrogens is 178 g/mol. The van der Waals surface area contributed by atoms with Gasteiger partial charge in [0.2, 0.25) is 0 Å². The zero-order valence-electron chi connectivity index (χ0n) is 7.38. The van der Waals surface area contributed by atoms with Crippen LogP contribution in [0.4, 0.5) is 0 Å². The van der Waals surface area contributed by atoms with E-state index in [2.05, 4.69) is 4.98 Å². The van der Waals surface area contributed by atoms with Gasteiger partial charge < -0.3 is 10.2 Å². The van der Waals surface area contributed by atoms with Crippen molar-refractivity contribution in [2.45, 2.75) is 0 Å². The zero-order valence-corrected chi connectivity index (χ0v) is 7.38. The van der Waals surface area contributed by atoms with E-state index < -0.39 is 0 Å². The minimum atomic E-state index is 0.0558. The maximum atomic E-state index is 9.56. The smallest absolute Gasteiger partial charge is 0.127 e. The summed E-state index contributed by atoms with van der Waals surface area (Å²) >= 11 is 0. The highest BCUT2D eigenvalue weighted by Gasteiger charge is 2.03. The second-order valence-corrected chi connectivity index (χ2v) is 2.94. The zero-order chi connectivity index (χ0) is 9.97. The lowest BCUT2D eigenvalue weighted by molar-refractivity contribution is 0.452. The average Bonchev–Trinajstić information content (AvgIpc) is 2.19. The third kappa shape index (κ3) is 1.52. The topological polar surface area (TPSA) is 53.4 Å². The van der Waals surface area contributed by atoms with Gasteiger partial charge in [-0.2, -0.15) is 0 Å². The van der Waals surface area contributed by atoms with Gasteiger partial charge in [-0.05, 0) is 29.8 Å². The van der Waals surface area contributed by atoms with Crippen LogP contribution in [0.1, 0.15) is 0 Å². The van der Waals surface area contributed by atoms with Gasteiger partial charge in [0, 0.05) is 24.0 Å². The molecule has 0 fully saturated rings. The first-order chi connectivity index (χ1) is 6.77. The van der Waals surface area contributed by atoms with Crippen LogP contribution >= 0.6 is 0 Å². The Labute approximate surface area is 81.3 Å². The Bertz CT molecular complexity index is 440. The van der Waals surface area contributed by atoms with Crippen LogP contribution in [0.2, 0.25) is 0 Å². The number of nitrogens with zero attached hydrogens (tertiary/aromatic N) is 1. The normalized spacial score (nSPS) is 10.0. The number of hydrogen-bond acceptors (Lipinski definition) is 3. The number of hydrogen-bond donors (Lipinski definition) is 2. The number of phenolic OH excluding ortho intramolecular Hbond substituents is 2. The molecule has 0 atom stereocenters. The molecule has 2 N–H and O–H groups in total. The predicted octanol–water partition coefficient (Wildman–Crippen LogP) is 2.16. The Hall–Kier alpha value is -2.03. The summed E-state index contributed by atoms with van der Waals surface area (Å²) < 4.78 is 0. The summed E-state index contributed by atoms with van der Waals surface area (Å²) in [6, 6.07) is 8.11. The summed E-state index contributed by atoms with van der Waals surface area (Å²) in [7, 11) is 0. The van der Waals surface area contributed by atoms with E-state index in [1.807, 2.05) is 0 Å². The van der Waals surface area contributed by atoms with Crippen molar-refractivity contribution in [3.05, 3.63) is 42.7 Å². The van der Waals surface area contributed by atoms with Crippen molar-refractivity contribution in [3.8, 4) is 22.6 Å². The van der Waals surface area contributed by atoms with Gasteiger partial charge >= 0.3 is 0 Å². The van der Waals surface area contributed by atoms with E-state index >= 15 is 0 Å². The van der Waals surface area contributed by atoms with Gasteiger partial charge in [-0.15, -0.1) is 0 Å². The molecule has 1 aromatic carbocycles. The van der Waals surface area contributed by atoms with Crippen molar-refractivity contribution in [2.75, 3.05) is 0 Å². The van der Waals surface area contributed by atoms with Crippen molar-refractivity contribution < 1.29 is 10.2 Å². The fourth-order valence-electron chi connectivity index (χ4n) is 1.30. The summed E-state index contributed by atoms with van der Waals surface area (Å²) in [4.78, 5) is 3.89. The first-order valence-corrected chi connectivity index (χ1v) is 4.20. The average molecular weight is 187 g/mol. The number of phenols is 2. The van der Waals surface area contributed by atoms with Crippen LogP contribution in [0.5, 0.6) is 11.5 Å². The molecule has 3 heteroatoms. The predicted molar refractivity (Wildman–Crippen MR) is 53.0 cm³/mol. The molecule has 0 spiro atoms. The Morgan fingerprint density at radius 2 is 1.64 bits per heavy atom. The molecule has 70 valence electrons. The lowest BCUT2D eigenvalue weighted by atomic mass is 10.1. The summed E-state index contributed by atoms with van der Waals surface area (Å²) in [6.07, 6.45) is 3.31. The van der Waals surface area contributed by atoms with Crippen LogP contribution in [0, 0.1) is 0 Å². The molecule has 2 aromatic rings. The van der Waals surface area contributed by atoms with Crippen LogP contribution in [-0.2, 0) is 0 Å². The minimum Gasteiger partial charge on any atom is -0.508 e. The van der Waals surface area contributed by atoms with Crippen molar-refractivity contribution in [2.24, 2.45) is 0 Å². The first-order valence-electron chi connectivity index (χ1n) is 4.20. The maximum absolute atomic E-state index is 9.56. The molecule has 1 aromatic heterocycles. The molecule has 2 rings (SSSR count). The molecule has 1 heterocycles. The highest BCUT2D eigenvalue weighted by molar-refractivity contribution is 5.70. The summed E-state index contributed by atoms with van der Waals surface area (Å²) in [5, 5.41) is 18.7. The Kier molecular flexibility index (Phi) is 2.07. The molecular formula is C11H9NO2. The van der Waals surface area contributed by atoms with E-state index in [1.54, 1.807) is 30.6 Å². The second kappa shape index (κ2) is 3.38. The first kappa shape index (κ1) is 8.56. The molecule has 0 aliphatic rings. The number of aromatic hydroxyl groups is 2. The Morgan fingerprint density at radius 1 is 0.929 bits per heavy atom. The monoisotopic (exact) mass is 187 g/mol. The highest BCUT2D eigenvalue weighted by atomic mass is 16.3. The van der Waals surface area contributed by atoms with Gasteiger partial charge in [0.1, 0.15) is 11.5 Å². The van der Waals surface area contributed by atoms with Gasteiger partial charge in [-0.25, -0.2) is 0 Å². The maximum Gasteiger partial charge on any atom is 0.127 e. The molecule has 0 aliphatic carbocycles. The van der Waals surface area contributed by atoms with Crippen LogP contribution < -0.4 is 0 Å². The SMILES string of the molecule is Oc1ccc(-c2ccncc2)c(O)c1. The van der Waals surface area contributed by atoms with Crippen LogP contribution in [0.3, 0.4) is 0 Å². The second-order valence-electron chi connectivity index (χ2n) is 2.94. The van der Waals surface area contributed by atoms with E-state index in [9.17, 15) is 5.11 Å². The van der Waals surface area contributed by atoms with E-state index in [1.165, 1.54) is 12.1 Å². The van der Waals surface area contributed by atoms with Crippen LogP contribution in [0.25, 0.3) is 11.1 Å². The number of rotatable bonds is 1. The van der Waals surface area contributed by atoms with Gasteiger partial charge in [0.25, 0.3) is 0 Å². The quantitative estimate of drug-likeness (QED) is 0.719. The van der Waals surface area contributed by atoms with Gasteiger partial charge in [0.05, 0.1) is 0 Å². The molecule has 3 nitrogen and oxygen atoms in total. The molecule has 0 saturated carbocycles. The van der Waals surface area contributed by atoms with Crippen LogP contribution in [-0.4, -0.2) is 15.2 Å². The minimum absolute atomic E-state index is 0.0558. The number of aromatic nitrogens is 1. The summed E-state index contributed by atoms with van der Waals surface area (Å²) in [6.45, 7) is 0. The van der Waals surface area contributed by atoms with Gasteiger partial charge in [0.15, 0.2) is 0 Å². The molecule has 0 amide bonds. The number of benzene rings is 1. The Balaban J connectivity index is 2.53. The highest BCUT2D eigenvalue weighted by Crippen LogP contribution is 2.31. The fourth-order valence-corrected chi connectivity index (χ4v) is 1.30. The summed E-state index contributed by atoms with van der Waals surface area (Å²) in [5.41, 5.74) is 1.56. The third-order valence-electron chi connectivity index (χ3n) is 1.97. The van der Waals surface area contributed by atoms with Crippen LogP contribution in [0.15, 0.2) is 42.7 Å². The van der Waals surface area contributed by atoms with Gasteiger partial charge in [-0.1, -0.05) is 0 Å². The molecule has 0 bridgehead atoms. The third-order valence-corrected chi connectivity index (χ3v) is 1.97. The molecule has 0 radical (unpaired) electrons. The molecule has 0 aliphatic heterocycles. The lowest BCUT2D eigenvalue weighted by Gasteiger charge is -2.04. The molecule has 0 unspecified atom stereocenters. The largest absolute Gasteiger partial charge is 0.508 e. The molecule has 0 saturated heterocycles. The fraction of sp³-hybridized carbons (Fsp3) is 0. The van der Waals surface area contributed by atoms with E-state index in [4.69, 9.17) is 5.11 Å². The standard InChI is InChI=1S/C11H9NO2/c13-9-1-2-10(11(14)7-9)8-3-5-12-6-4-8/h1-7,13-14H.